The maximum absolute atomic E-state index is 14.1. The van der Waals surface area contributed by atoms with Gasteiger partial charge < -0.3 is 14.6 Å². The lowest BCUT2D eigenvalue weighted by Gasteiger charge is -2.21. The number of rotatable bonds is 8. The second-order valence-corrected chi connectivity index (χ2v) is 7.55. The predicted molar refractivity (Wildman–Crippen MR) is 101 cm³/mol. The summed E-state index contributed by atoms with van der Waals surface area (Å²) in [6.07, 6.45) is 2.31. The van der Waals surface area contributed by atoms with Gasteiger partial charge in [0, 0.05) is 18.3 Å². The Labute approximate surface area is 164 Å². The van der Waals surface area contributed by atoms with Gasteiger partial charge in [0.05, 0.1) is 12.0 Å². The number of aliphatic hydroxyl groups is 1. The van der Waals surface area contributed by atoms with E-state index in [1.54, 1.807) is 30.3 Å². The Morgan fingerprint density at radius 1 is 1.39 bits per heavy atom. The van der Waals surface area contributed by atoms with Gasteiger partial charge in [-0.25, -0.2) is 9.18 Å². The third kappa shape index (κ3) is 4.79. The topological polar surface area (TPSA) is 72.8 Å². The molecule has 6 heteroatoms. The number of ether oxygens (including phenoxy) is 2. The van der Waals surface area contributed by atoms with Crippen molar-refractivity contribution < 1.29 is 28.6 Å². The molecule has 3 rings (SSSR count). The van der Waals surface area contributed by atoms with Crippen LogP contribution >= 0.6 is 0 Å². The predicted octanol–water partition coefficient (Wildman–Crippen LogP) is 3.61. The molecule has 0 aromatic heterocycles. The highest BCUT2D eigenvalue weighted by atomic mass is 19.1. The van der Waals surface area contributed by atoms with Crippen LogP contribution in [0, 0.1) is 11.8 Å². The van der Waals surface area contributed by atoms with E-state index < -0.39 is 24.3 Å². The van der Waals surface area contributed by atoms with E-state index >= 15 is 0 Å². The highest BCUT2D eigenvalue weighted by Gasteiger charge is 2.50. The lowest BCUT2D eigenvalue weighted by molar-refractivity contribution is -0.141. The number of aliphatic hydroxyl groups excluding tert-OH is 1. The van der Waals surface area contributed by atoms with Gasteiger partial charge >= 0.3 is 11.9 Å². The number of carbonyl (C=O) groups is 2. The van der Waals surface area contributed by atoms with Crippen molar-refractivity contribution in [1.82, 2.24) is 0 Å². The highest BCUT2D eigenvalue weighted by Crippen LogP contribution is 2.43. The summed E-state index contributed by atoms with van der Waals surface area (Å²) in [7, 11) is 0. The van der Waals surface area contributed by atoms with Crippen LogP contribution in [0.5, 0.6) is 0 Å². The molecule has 5 nitrogen and oxygen atoms in total. The van der Waals surface area contributed by atoms with Gasteiger partial charge in [0.2, 0.25) is 0 Å². The van der Waals surface area contributed by atoms with Crippen LogP contribution in [0.15, 0.2) is 42.5 Å². The van der Waals surface area contributed by atoms with E-state index in [0.717, 1.165) is 6.42 Å². The van der Waals surface area contributed by atoms with E-state index in [1.165, 1.54) is 6.08 Å². The molecule has 1 aliphatic heterocycles. The third-order valence-electron chi connectivity index (χ3n) is 5.55. The largest absolute Gasteiger partial charge is 0.462 e. The second kappa shape index (κ2) is 9.32. The van der Waals surface area contributed by atoms with Crippen molar-refractivity contribution in [2.45, 2.75) is 63.5 Å². The van der Waals surface area contributed by atoms with Crippen LogP contribution in [0.4, 0.5) is 4.39 Å². The number of benzene rings is 1. The zero-order valence-electron chi connectivity index (χ0n) is 16.0. The first-order chi connectivity index (χ1) is 13.5. The third-order valence-corrected chi connectivity index (χ3v) is 5.55. The summed E-state index contributed by atoms with van der Waals surface area (Å²) in [6, 6.07) is 8.68. The number of unbranched alkanes of at least 4 members (excludes halogenated alkanes) is 1. The van der Waals surface area contributed by atoms with Crippen molar-refractivity contribution in [2.24, 2.45) is 11.8 Å². The first-order valence-electron chi connectivity index (χ1n) is 9.95. The zero-order chi connectivity index (χ0) is 20.1. The first-order valence-corrected chi connectivity index (χ1v) is 9.95. The molecule has 2 fully saturated rings. The summed E-state index contributed by atoms with van der Waals surface area (Å²) in [5, 5.41) is 10.1. The Hall–Kier alpha value is -2.21. The Morgan fingerprint density at radius 2 is 2.14 bits per heavy atom. The number of hydrogen-bond donors (Lipinski definition) is 1. The van der Waals surface area contributed by atoms with Crippen molar-refractivity contribution in [1.29, 1.82) is 0 Å². The Bertz CT molecular complexity index is 704. The fourth-order valence-electron chi connectivity index (χ4n) is 4.00. The maximum Gasteiger partial charge on any atom is 0.338 e. The van der Waals surface area contributed by atoms with Crippen molar-refractivity contribution in [3.8, 4) is 0 Å². The zero-order valence-corrected chi connectivity index (χ0v) is 16.0. The molecule has 0 spiro atoms. The average Bonchev–Trinajstić information content (AvgIpc) is 3.20. The van der Waals surface area contributed by atoms with Crippen LogP contribution < -0.4 is 0 Å². The normalized spacial score (nSPS) is 28.8. The number of hydrogen-bond acceptors (Lipinski definition) is 5. The SMILES string of the molecule is CCCCC(F)C(O)C=CC1C(OC(=O)c2ccccc2)CC2OC(=O)CC21. The van der Waals surface area contributed by atoms with Gasteiger partial charge in [0.15, 0.2) is 0 Å². The summed E-state index contributed by atoms with van der Waals surface area (Å²) in [6.45, 7) is 1.97. The first kappa shape index (κ1) is 20.5. The lowest BCUT2D eigenvalue weighted by Crippen LogP contribution is -2.26. The smallest absolute Gasteiger partial charge is 0.338 e. The molecule has 6 unspecified atom stereocenters. The molecule has 0 amide bonds. The Balaban J connectivity index is 1.69. The molecule has 1 N–H and O–H groups in total. The van der Waals surface area contributed by atoms with E-state index in [-0.39, 0.29) is 30.3 Å². The molecule has 0 bridgehead atoms. The lowest BCUT2D eigenvalue weighted by atomic mass is 9.91. The summed E-state index contributed by atoms with van der Waals surface area (Å²) < 4.78 is 25.1. The standard InChI is InChI=1S/C22H27FO5/c1-2-3-9-17(23)18(24)11-10-15-16-12-21(25)27-20(16)13-19(15)28-22(26)14-7-5-4-6-8-14/h4-8,10-11,15-20,24H,2-3,9,12-13H2,1H3. The molecular weight excluding hydrogens is 363 g/mol. The number of esters is 2. The van der Waals surface area contributed by atoms with Crippen LogP contribution in [-0.4, -0.2) is 41.5 Å². The maximum atomic E-state index is 14.1. The van der Waals surface area contributed by atoms with Crippen LogP contribution in [-0.2, 0) is 14.3 Å². The van der Waals surface area contributed by atoms with Gasteiger partial charge in [-0.05, 0) is 18.6 Å². The summed E-state index contributed by atoms with van der Waals surface area (Å²) in [5.74, 6) is -1.13. The Morgan fingerprint density at radius 3 is 2.86 bits per heavy atom. The molecular formula is C22H27FO5. The molecule has 1 aromatic rings. The highest BCUT2D eigenvalue weighted by molar-refractivity contribution is 5.89. The second-order valence-electron chi connectivity index (χ2n) is 7.55. The molecule has 28 heavy (non-hydrogen) atoms. The number of alkyl halides is 1. The van der Waals surface area contributed by atoms with Gasteiger partial charge in [0.1, 0.15) is 24.5 Å². The fraction of sp³-hybridized carbons (Fsp3) is 0.545. The summed E-state index contributed by atoms with van der Waals surface area (Å²) in [5.41, 5.74) is 0.447. The van der Waals surface area contributed by atoms with Crippen LogP contribution in [0.3, 0.4) is 0 Å². The van der Waals surface area contributed by atoms with E-state index in [0.29, 0.717) is 24.8 Å². The summed E-state index contributed by atoms with van der Waals surface area (Å²) in [4.78, 5) is 24.1. The number of carbonyl (C=O) groups excluding carboxylic acids is 2. The molecule has 1 saturated heterocycles. The minimum atomic E-state index is -1.33. The van der Waals surface area contributed by atoms with E-state index in [4.69, 9.17) is 9.47 Å². The van der Waals surface area contributed by atoms with Crippen molar-refractivity contribution in [3.05, 3.63) is 48.0 Å². The number of fused-ring (bicyclic) bond motifs is 1. The molecule has 152 valence electrons. The van der Waals surface area contributed by atoms with Gasteiger partial charge in [-0.15, -0.1) is 0 Å². The molecule has 6 atom stereocenters. The fourth-order valence-corrected chi connectivity index (χ4v) is 4.00. The summed E-state index contributed by atoms with van der Waals surface area (Å²) >= 11 is 0. The molecule has 1 heterocycles. The molecule has 0 radical (unpaired) electrons. The quantitative estimate of drug-likeness (QED) is 0.542. The van der Waals surface area contributed by atoms with Crippen LogP contribution in [0.2, 0.25) is 0 Å². The van der Waals surface area contributed by atoms with E-state index in [2.05, 4.69) is 0 Å². The van der Waals surface area contributed by atoms with Crippen molar-refractivity contribution in [3.63, 3.8) is 0 Å². The molecule has 1 aliphatic carbocycles. The van der Waals surface area contributed by atoms with Gasteiger partial charge in [-0.3, -0.25) is 4.79 Å². The number of halogens is 1. The molecule has 1 aromatic carbocycles. The van der Waals surface area contributed by atoms with Crippen molar-refractivity contribution in [2.75, 3.05) is 0 Å². The van der Waals surface area contributed by atoms with Gasteiger partial charge in [-0.1, -0.05) is 50.1 Å². The van der Waals surface area contributed by atoms with Gasteiger partial charge in [-0.2, -0.15) is 0 Å². The van der Waals surface area contributed by atoms with E-state index in [9.17, 15) is 19.1 Å². The van der Waals surface area contributed by atoms with Crippen molar-refractivity contribution >= 4 is 11.9 Å². The monoisotopic (exact) mass is 390 g/mol. The molecule has 2 aliphatic rings. The van der Waals surface area contributed by atoms with Crippen LogP contribution in [0.1, 0.15) is 49.4 Å². The van der Waals surface area contributed by atoms with Crippen LogP contribution in [0.25, 0.3) is 0 Å². The minimum Gasteiger partial charge on any atom is -0.462 e. The van der Waals surface area contributed by atoms with Gasteiger partial charge in [0.25, 0.3) is 0 Å². The molecule has 1 saturated carbocycles. The average molecular weight is 390 g/mol. The minimum absolute atomic E-state index is 0.127. The Kier molecular flexibility index (Phi) is 6.83. The van der Waals surface area contributed by atoms with E-state index in [1.807, 2.05) is 13.0 Å².